The molecule has 3 aromatic carbocycles. The third-order valence-corrected chi connectivity index (χ3v) is 6.97. The smallest absolute Gasteiger partial charge is 0.283 e. The van der Waals surface area contributed by atoms with Crippen molar-refractivity contribution in [3.05, 3.63) is 105 Å². The fourth-order valence-corrected chi connectivity index (χ4v) is 4.87. The van der Waals surface area contributed by atoms with Crippen molar-refractivity contribution in [1.82, 2.24) is 4.98 Å². The van der Waals surface area contributed by atoms with Crippen LogP contribution in [-0.2, 0) is 9.59 Å². The van der Waals surface area contributed by atoms with Crippen LogP contribution < -0.4 is 20.8 Å². The molecule has 1 aliphatic heterocycles. The van der Waals surface area contributed by atoms with E-state index in [-0.39, 0.29) is 27.2 Å². The summed E-state index contributed by atoms with van der Waals surface area (Å²) in [5.41, 5.74) is 2.89. The number of nitrogens with one attached hydrogen (secondary N) is 2. The summed E-state index contributed by atoms with van der Waals surface area (Å²) in [6, 6.07) is 19.6. The Balaban J connectivity index is 1.31. The van der Waals surface area contributed by atoms with E-state index in [0.29, 0.717) is 27.8 Å². The number of nitrogens with zero attached hydrogens (tertiary/aromatic N) is 3. The molecule has 0 fully saturated rings. The Labute approximate surface area is 231 Å². The normalized spacial score (nSPS) is 13.2. The fourth-order valence-electron chi connectivity index (χ4n) is 3.94. The SMILES string of the molecule is Cc1ccccc1N1C(=O)C(Cl)=C(Nc2cccc(C(=O)Nc3nc(-c4cccc(N([O-])O)c4)cs3)c2)C1=O. The van der Waals surface area contributed by atoms with Crippen LogP contribution in [0.3, 0.4) is 0 Å². The minimum absolute atomic E-state index is 0.0510. The van der Waals surface area contributed by atoms with Gasteiger partial charge in [0.05, 0.1) is 17.1 Å². The fraction of sp³-hybridized carbons (Fsp3) is 0.0370. The van der Waals surface area contributed by atoms with Crippen molar-refractivity contribution in [2.24, 2.45) is 0 Å². The Hall–Kier alpha value is -4.55. The lowest BCUT2D eigenvalue weighted by Gasteiger charge is -2.21. The lowest BCUT2D eigenvalue weighted by atomic mass is 10.1. The van der Waals surface area contributed by atoms with Crippen LogP contribution in [0.25, 0.3) is 11.3 Å². The van der Waals surface area contributed by atoms with Crippen LogP contribution >= 0.6 is 22.9 Å². The molecule has 5 rings (SSSR count). The molecule has 0 saturated carbocycles. The molecule has 0 atom stereocenters. The van der Waals surface area contributed by atoms with Gasteiger partial charge in [0.1, 0.15) is 10.7 Å². The first-order valence-electron chi connectivity index (χ1n) is 11.5. The van der Waals surface area contributed by atoms with Gasteiger partial charge in [0.2, 0.25) is 0 Å². The van der Waals surface area contributed by atoms with Crippen LogP contribution in [0.1, 0.15) is 15.9 Å². The number of hydrogen-bond donors (Lipinski definition) is 3. The van der Waals surface area contributed by atoms with Crippen LogP contribution in [-0.4, -0.2) is 27.9 Å². The van der Waals surface area contributed by atoms with Crippen molar-refractivity contribution in [2.75, 3.05) is 20.8 Å². The standard InChI is InChI=1S/C27H19ClN5O5S/c1-15-6-2-3-11-21(15)32-25(35)22(28)23(26(32)36)29-18-9-4-8-17(12-18)24(34)31-27-30-20(14-39-27)16-7-5-10-19(13-16)33(37)38/h2-14,29,37H,1H3,(H,30,31,34)/q-1. The second-order valence-electron chi connectivity index (χ2n) is 8.44. The van der Waals surface area contributed by atoms with Crippen LogP contribution in [0.2, 0.25) is 0 Å². The zero-order valence-corrected chi connectivity index (χ0v) is 21.8. The molecule has 3 amide bonds. The van der Waals surface area contributed by atoms with Crippen LogP contribution in [0.15, 0.2) is 88.9 Å². The lowest BCUT2D eigenvalue weighted by molar-refractivity contribution is -0.120. The van der Waals surface area contributed by atoms with Gasteiger partial charge in [-0.2, -0.15) is 0 Å². The molecule has 0 bridgehead atoms. The number of aryl methyl sites for hydroxylation is 1. The van der Waals surface area contributed by atoms with Gasteiger partial charge in [0.15, 0.2) is 5.13 Å². The number of thiazole rings is 1. The number of anilines is 4. The molecule has 39 heavy (non-hydrogen) atoms. The van der Waals surface area contributed by atoms with Crippen molar-refractivity contribution >= 4 is 62.9 Å². The Morgan fingerprint density at radius 3 is 2.59 bits per heavy atom. The number of para-hydroxylation sites is 1. The predicted molar refractivity (Wildman–Crippen MR) is 150 cm³/mol. The molecule has 196 valence electrons. The first-order chi connectivity index (χ1) is 18.7. The number of rotatable bonds is 7. The topological polar surface area (TPSA) is 138 Å². The van der Waals surface area contributed by atoms with Crippen molar-refractivity contribution < 1.29 is 19.6 Å². The van der Waals surface area contributed by atoms with Gasteiger partial charge in [-0.3, -0.25) is 24.9 Å². The molecular weight excluding hydrogens is 542 g/mol. The van der Waals surface area contributed by atoms with Crippen LogP contribution in [0.5, 0.6) is 0 Å². The average Bonchev–Trinajstić information content (AvgIpc) is 3.48. The molecule has 0 unspecified atom stereocenters. The zero-order chi connectivity index (χ0) is 27.7. The third-order valence-electron chi connectivity index (χ3n) is 5.87. The van der Waals surface area contributed by atoms with E-state index in [1.54, 1.807) is 66.9 Å². The molecule has 12 heteroatoms. The van der Waals surface area contributed by atoms with E-state index in [2.05, 4.69) is 15.6 Å². The maximum atomic E-state index is 13.1. The first kappa shape index (κ1) is 26.1. The quantitative estimate of drug-likeness (QED) is 0.199. The Kier molecular flexibility index (Phi) is 7.13. The molecule has 10 nitrogen and oxygen atoms in total. The summed E-state index contributed by atoms with van der Waals surface area (Å²) >= 11 is 7.43. The highest BCUT2D eigenvalue weighted by Gasteiger charge is 2.39. The van der Waals surface area contributed by atoms with E-state index in [1.165, 1.54) is 29.5 Å². The van der Waals surface area contributed by atoms with Gasteiger partial charge in [0, 0.05) is 22.2 Å². The van der Waals surface area contributed by atoms with Crippen molar-refractivity contribution in [1.29, 1.82) is 0 Å². The van der Waals surface area contributed by atoms with Gasteiger partial charge in [-0.15, -0.1) is 11.3 Å². The van der Waals surface area contributed by atoms with E-state index in [4.69, 9.17) is 16.8 Å². The summed E-state index contributed by atoms with van der Waals surface area (Å²) in [5.74, 6) is -1.70. The molecule has 0 aliphatic carbocycles. The number of hydrogen-bond acceptors (Lipinski definition) is 9. The van der Waals surface area contributed by atoms with Gasteiger partial charge >= 0.3 is 0 Å². The number of benzene rings is 3. The minimum atomic E-state index is -0.639. The van der Waals surface area contributed by atoms with E-state index in [9.17, 15) is 19.6 Å². The summed E-state index contributed by atoms with van der Waals surface area (Å²) in [6.07, 6.45) is 0. The highest BCUT2D eigenvalue weighted by atomic mass is 35.5. The molecule has 1 aliphatic rings. The highest BCUT2D eigenvalue weighted by molar-refractivity contribution is 7.14. The van der Waals surface area contributed by atoms with Crippen molar-refractivity contribution in [2.45, 2.75) is 6.92 Å². The molecule has 0 radical (unpaired) electrons. The summed E-state index contributed by atoms with van der Waals surface area (Å²) in [6.45, 7) is 1.79. The monoisotopic (exact) mass is 560 g/mol. The van der Waals surface area contributed by atoms with E-state index in [0.717, 1.165) is 10.5 Å². The number of amides is 3. The Bertz CT molecular complexity index is 1650. The Morgan fingerprint density at radius 1 is 1.05 bits per heavy atom. The second-order valence-corrected chi connectivity index (χ2v) is 9.68. The first-order valence-corrected chi connectivity index (χ1v) is 12.7. The average molecular weight is 561 g/mol. The van der Waals surface area contributed by atoms with Gasteiger partial charge < -0.3 is 15.8 Å². The molecule has 3 N–H and O–H groups in total. The summed E-state index contributed by atoms with van der Waals surface area (Å²) in [7, 11) is 0. The minimum Gasteiger partial charge on any atom is -0.733 e. The maximum Gasteiger partial charge on any atom is 0.283 e. The maximum absolute atomic E-state index is 13.1. The number of halogens is 1. The van der Waals surface area contributed by atoms with Gasteiger partial charge in [-0.25, -0.2) is 9.88 Å². The number of aromatic nitrogens is 1. The molecule has 1 aromatic heterocycles. The summed E-state index contributed by atoms with van der Waals surface area (Å²) in [4.78, 5) is 44.2. The molecular formula is C27H19ClN5O5S-. The summed E-state index contributed by atoms with van der Waals surface area (Å²) < 4.78 is 0. The molecule has 2 heterocycles. The second kappa shape index (κ2) is 10.7. The molecule has 0 saturated heterocycles. The van der Waals surface area contributed by atoms with Crippen LogP contribution in [0, 0.1) is 12.1 Å². The number of imide groups is 1. The summed E-state index contributed by atoms with van der Waals surface area (Å²) in [5, 5.41) is 27.4. The van der Waals surface area contributed by atoms with E-state index < -0.39 is 17.7 Å². The van der Waals surface area contributed by atoms with Gasteiger partial charge in [-0.1, -0.05) is 48.0 Å². The number of carbonyl (C=O) groups excluding carboxylic acids is 3. The van der Waals surface area contributed by atoms with Crippen molar-refractivity contribution in [3.8, 4) is 11.3 Å². The number of carbonyl (C=O) groups is 3. The molecule has 4 aromatic rings. The highest BCUT2D eigenvalue weighted by Crippen LogP contribution is 2.32. The van der Waals surface area contributed by atoms with E-state index in [1.807, 2.05) is 0 Å². The Morgan fingerprint density at radius 2 is 1.82 bits per heavy atom. The van der Waals surface area contributed by atoms with Crippen LogP contribution in [0.4, 0.5) is 22.2 Å². The third kappa shape index (κ3) is 5.24. The van der Waals surface area contributed by atoms with Gasteiger partial charge in [0.25, 0.3) is 17.7 Å². The van der Waals surface area contributed by atoms with E-state index >= 15 is 0 Å². The largest absolute Gasteiger partial charge is 0.733 e. The lowest BCUT2D eigenvalue weighted by Crippen LogP contribution is -2.32. The zero-order valence-electron chi connectivity index (χ0n) is 20.2. The van der Waals surface area contributed by atoms with Crippen molar-refractivity contribution in [3.63, 3.8) is 0 Å². The predicted octanol–water partition coefficient (Wildman–Crippen LogP) is 5.50. The van der Waals surface area contributed by atoms with Gasteiger partial charge in [-0.05, 0) is 48.9 Å². The molecule has 0 spiro atoms.